The number of benzene rings is 1. The van der Waals surface area contributed by atoms with Gasteiger partial charge in [0.1, 0.15) is 0 Å². The third-order valence-corrected chi connectivity index (χ3v) is 3.77. The fourth-order valence-corrected chi connectivity index (χ4v) is 2.35. The Morgan fingerprint density at radius 2 is 2.00 bits per heavy atom. The first kappa shape index (κ1) is 11.5. The minimum atomic E-state index is 0.283. The Bertz CT molecular complexity index is 378. The molecule has 0 unspecified atom stereocenters. The lowest BCUT2D eigenvalue weighted by Gasteiger charge is -2.23. The number of rotatable bonds is 4. The van der Waals surface area contributed by atoms with Gasteiger partial charge in [-0.05, 0) is 36.5 Å². The fourth-order valence-electron chi connectivity index (χ4n) is 2.35. The van der Waals surface area contributed by atoms with Crippen molar-refractivity contribution in [2.75, 3.05) is 25.5 Å². The van der Waals surface area contributed by atoms with Crippen LogP contribution in [0.5, 0.6) is 0 Å². The van der Waals surface area contributed by atoms with Gasteiger partial charge in [0, 0.05) is 31.7 Å². The molecule has 0 amide bonds. The van der Waals surface area contributed by atoms with Crippen molar-refractivity contribution in [3.05, 3.63) is 29.3 Å². The maximum Gasteiger partial charge on any atom is 0.0399 e. The van der Waals surface area contributed by atoms with E-state index in [0.29, 0.717) is 0 Å². The fraction of sp³-hybridized carbons (Fsp3) is 0.571. The molecule has 2 heteroatoms. The van der Waals surface area contributed by atoms with Crippen LogP contribution in [0.1, 0.15) is 30.9 Å². The van der Waals surface area contributed by atoms with Crippen LogP contribution in [0.25, 0.3) is 0 Å². The van der Waals surface area contributed by atoms with Gasteiger partial charge < -0.3 is 10.6 Å². The highest BCUT2D eigenvalue weighted by atomic mass is 15.1. The highest BCUT2D eigenvalue weighted by Crippen LogP contribution is 2.50. The smallest absolute Gasteiger partial charge is 0.0399 e. The van der Waals surface area contributed by atoms with Gasteiger partial charge >= 0.3 is 0 Å². The van der Waals surface area contributed by atoms with Crippen molar-refractivity contribution in [2.24, 2.45) is 5.73 Å². The van der Waals surface area contributed by atoms with E-state index < -0.39 is 0 Å². The molecule has 0 radical (unpaired) electrons. The van der Waals surface area contributed by atoms with Gasteiger partial charge in [-0.1, -0.05) is 19.1 Å². The first-order valence-corrected chi connectivity index (χ1v) is 6.14. The molecule has 1 aliphatic carbocycles. The molecule has 16 heavy (non-hydrogen) atoms. The van der Waals surface area contributed by atoms with Crippen molar-refractivity contribution in [2.45, 2.75) is 31.6 Å². The van der Waals surface area contributed by atoms with E-state index in [2.05, 4.69) is 44.1 Å². The van der Waals surface area contributed by atoms with Gasteiger partial charge in [-0.2, -0.15) is 0 Å². The molecule has 0 atom stereocenters. The lowest BCUT2D eigenvalue weighted by atomic mass is 9.91. The van der Waals surface area contributed by atoms with E-state index in [1.807, 2.05) is 0 Å². The molecule has 1 fully saturated rings. The Kier molecular flexibility index (Phi) is 2.94. The van der Waals surface area contributed by atoms with Gasteiger partial charge in [0.25, 0.3) is 0 Å². The molecule has 0 bridgehead atoms. The quantitative estimate of drug-likeness (QED) is 0.840. The molecule has 0 heterocycles. The summed E-state index contributed by atoms with van der Waals surface area (Å²) in [5.74, 6) is 0. The average Bonchev–Trinajstić information content (AvgIpc) is 3.09. The van der Waals surface area contributed by atoms with Crippen molar-refractivity contribution < 1.29 is 0 Å². The summed E-state index contributed by atoms with van der Waals surface area (Å²) in [6, 6.07) is 6.82. The molecule has 1 aromatic carbocycles. The lowest BCUT2D eigenvalue weighted by Crippen LogP contribution is -2.23. The van der Waals surface area contributed by atoms with Crippen LogP contribution in [0.4, 0.5) is 5.69 Å². The zero-order valence-electron chi connectivity index (χ0n) is 10.6. The van der Waals surface area contributed by atoms with Crippen LogP contribution in [0.3, 0.4) is 0 Å². The Labute approximate surface area is 98.4 Å². The van der Waals surface area contributed by atoms with E-state index in [4.69, 9.17) is 5.73 Å². The van der Waals surface area contributed by atoms with Crippen molar-refractivity contribution in [3.8, 4) is 0 Å². The topological polar surface area (TPSA) is 29.3 Å². The highest BCUT2D eigenvalue weighted by molar-refractivity contribution is 5.59. The van der Waals surface area contributed by atoms with E-state index in [0.717, 1.165) is 13.0 Å². The van der Waals surface area contributed by atoms with E-state index >= 15 is 0 Å². The lowest BCUT2D eigenvalue weighted by molar-refractivity contribution is 0.701. The second-order valence-corrected chi connectivity index (χ2v) is 5.08. The summed E-state index contributed by atoms with van der Waals surface area (Å²) in [6.45, 7) is 2.98. The summed E-state index contributed by atoms with van der Waals surface area (Å²) in [5, 5.41) is 0. The molecule has 1 aliphatic rings. The summed E-state index contributed by atoms with van der Waals surface area (Å²) >= 11 is 0. The molecule has 2 rings (SSSR count). The maximum atomic E-state index is 5.94. The predicted molar refractivity (Wildman–Crippen MR) is 70.1 cm³/mol. The number of hydrogen-bond donors (Lipinski definition) is 1. The first-order chi connectivity index (χ1) is 7.63. The highest BCUT2D eigenvalue weighted by Gasteiger charge is 2.44. The summed E-state index contributed by atoms with van der Waals surface area (Å²) in [6.07, 6.45) is 3.59. The Balaban J connectivity index is 2.47. The van der Waals surface area contributed by atoms with Crippen molar-refractivity contribution >= 4 is 5.69 Å². The van der Waals surface area contributed by atoms with E-state index in [1.165, 1.54) is 29.7 Å². The van der Waals surface area contributed by atoms with Gasteiger partial charge in [-0.3, -0.25) is 0 Å². The molecule has 0 aliphatic heterocycles. The first-order valence-electron chi connectivity index (χ1n) is 6.14. The Morgan fingerprint density at radius 1 is 1.31 bits per heavy atom. The molecule has 1 aromatic rings. The van der Waals surface area contributed by atoms with Crippen LogP contribution >= 0.6 is 0 Å². The normalized spacial score (nSPS) is 17.2. The molecular weight excluding hydrogens is 196 g/mol. The monoisotopic (exact) mass is 218 g/mol. The number of aryl methyl sites for hydroxylation is 1. The third kappa shape index (κ3) is 1.82. The molecule has 88 valence electrons. The molecule has 2 nitrogen and oxygen atoms in total. The minimum absolute atomic E-state index is 0.283. The second kappa shape index (κ2) is 4.10. The molecule has 1 saturated carbocycles. The van der Waals surface area contributed by atoms with Crippen LogP contribution in [-0.4, -0.2) is 20.6 Å². The molecule has 0 saturated heterocycles. The van der Waals surface area contributed by atoms with Gasteiger partial charge in [0.2, 0.25) is 0 Å². The molecular formula is C14H22N2. The summed E-state index contributed by atoms with van der Waals surface area (Å²) in [7, 11) is 4.22. The van der Waals surface area contributed by atoms with E-state index in [1.54, 1.807) is 0 Å². The third-order valence-electron chi connectivity index (χ3n) is 3.77. The largest absolute Gasteiger partial charge is 0.377 e. The minimum Gasteiger partial charge on any atom is -0.377 e. The van der Waals surface area contributed by atoms with Crippen molar-refractivity contribution in [3.63, 3.8) is 0 Å². The maximum absolute atomic E-state index is 5.94. The van der Waals surface area contributed by atoms with Crippen molar-refractivity contribution in [1.29, 1.82) is 0 Å². The number of anilines is 1. The van der Waals surface area contributed by atoms with Gasteiger partial charge in [0.15, 0.2) is 0 Å². The summed E-state index contributed by atoms with van der Waals surface area (Å²) in [5.41, 5.74) is 10.4. The zero-order chi connectivity index (χ0) is 11.8. The van der Waals surface area contributed by atoms with Crippen molar-refractivity contribution in [1.82, 2.24) is 0 Å². The van der Waals surface area contributed by atoms with Gasteiger partial charge in [-0.25, -0.2) is 0 Å². The summed E-state index contributed by atoms with van der Waals surface area (Å²) < 4.78 is 0. The molecule has 2 N–H and O–H groups in total. The molecule has 0 spiro atoms. The number of nitrogens with zero attached hydrogens (tertiary/aromatic N) is 1. The van der Waals surface area contributed by atoms with Crippen LogP contribution in [0.2, 0.25) is 0 Å². The summed E-state index contributed by atoms with van der Waals surface area (Å²) in [4.78, 5) is 2.20. The van der Waals surface area contributed by atoms with Gasteiger partial charge in [0.05, 0.1) is 0 Å². The number of nitrogens with two attached hydrogens (primary N) is 1. The van der Waals surface area contributed by atoms with Crippen LogP contribution < -0.4 is 10.6 Å². The number of hydrogen-bond acceptors (Lipinski definition) is 2. The van der Waals surface area contributed by atoms with Crippen LogP contribution in [-0.2, 0) is 11.8 Å². The van der Waals surface area contributed by atoms with Crippen LogP contribution in [0.15, 0.2) is 18.2 Å². The zero-order valence-corrected chi connectivity index (χ0v) is 10.6. The predicted octanol–water partition coefficient (Wildman–Crippen LogP) is 2.31. The standard InChI is InChI=1S/C14H22N2/c1-4-11-5-6-13(16(2)3)12(9-11)14(10-15)7-8-14/h5-6,9H,4,7-8,10,15H2,1-3H3. The SMILES string of the molecule is CCc1ccc(N(C)C)c(C2(CN)CC2)c1. The Morgan fingerprint density at radius 3 is 2.44 bits per heavy atom. The second-order valence-electron chi connectivity index (χ2n) is 5.08. The van der Waals surface area contributed by atoms with Crippen LogP contribution in [0, 0.1) is 0 Å². The van der Waals surface area contributed by atoms with E-state index in [9.17, 15) is 0 Å². The molecule has 0 aromatic heterocycles. The van der Waals surface area contributed by atoms with Gasteiger partial charge in [-0.15, -0.1) is 0 Å². The Hall–Kier alpha value is -1.02. The van der Waals surface area contributed by atoms with E-state index in [-0.39, 0.29) is 5.41 Å². The average molecular weight is 218 g/mol.